The summed E-state index contributed by atoms with van der Waals surface area (Å²) in [5, 5.41) is 10.4. The van der Waals surface area contributed by atoms with Gasteiger partial charge in [-0.1, -0.05) is 0 Å². The van der Waals surface area contributed by atoms with Gasteiger partial charge in [0.25, 0.3) is 5.69 Å². The Hall–Kier alpha value is -1.53. The zero-order valence-electron chi connectivity index (χ0n) is 6.66. The van der Waals surface area contributed by atoms with E-state index in [0.717, 1.165) is 18.2 Å². The molecular weight excluding hydrogens is 177 g/mol. The average Bonchev–Trinajstić information content (AvgIpc) is 2.04. The standard InChI is InChI=1S/C7H8FN3O2/c8-6-1-2-7(11(12)13)5(3-6)4-10-9/h1-3,10H,4,9H2. The lowest BCUT2D eigenvalue weighted by atomic mass is 10.2. The van der Waals surface area contributed by atoms with Gasteiger partial charge in [0, 0.05) is 18.2 Å². The smallest absolute Gasteiger partial charge is 0.271 e. The summed E-state index contributed by atoms with van der Waals surface area (Å²) in [5.74, 6) is 4.47. The van der Waals surface area contributed by atoms with E-state index in [2.05, 4.69) is 5.43 Å². The molecule has 1 rings (SSSR count). The Labute approximate surface area is 73.5 Å². The van der Waals surface area contributed by atoms with Gasteiger partial charge >= 0.3 is 0 Å². The highest BCUT2D eigenvalue weighted by Crippen LogP contribution is 2.18. The predicted octanol–water partition coefficient (Wildman–Crippen LogP) is 0.697. The third kappa shape index (κ3) is 2.20. The van der Waals surface area contributed by atoms with Crippen molar-refractivity contribution in [2.75, 3.05) is 0 Å². The Bertz CT molecular complexity index is 330. The number of rotatable bonds is 3. The molecule has 6 heteroatoms. The molecule has 0 heterocycles. The van der Waals surface area contributed by atoms with Crippen LogP contribution in [0.3, 0.4) is 0 Å². The van der Waals surface area contributed by atoms with E-state index in [0.29, 0.717) is 0 Å². The number of hydrazine groups is 1. The number of halogens is 1. The van der Waals surface area contributed by atoms with Crippen LogP contribution in [-0.4, -0.2) is 4.92 Å². The molecule has 0 aliphatic heterocycles. The number of nitrogens with one attached hydrogen (secondary N) is 1. The molecule has 0 unspecified atom stereocenters. The summed E-state index contributed by atoms with van der Waals surface area (Å²) in [6.45, 7) is 0.0636. The van der Waals surface area contributed by atoms with Gasteiger partial charge in [0.05, 0.1) is 4.92 Å². The van der Waals surface area contributed by atoms with E-state index in [9.17, 15) is 14.5 Å². The number of benzene rings is 1. The molecule has 3 N–H and O–H groups in total. The summed E-state index contributed by atoms with van der Waals surface area (Å²) in [4.78, 5) is 9.85. The van der Waals surface area contributed by atoms with Crippen molar-refractivity contribution in [2.24, 2.45) is 5.84 Å². The van der Waals surface area contributed by atoms with Crippen molar-refractivity contribution in [3.8, 4) is 0 Å². The topological polar surface area (TPSA) is 81.2 Å². The fourth-order valence-corrected chi connectivity index (χ4v) is 0.984. The average molecular weight is 185 g/mol. The van der Waals surface area contributed by atoms with Crippen molar-refractivity contribution >= 4 is 5.69 Å². The molecule has 70 valence electrons. The summed E-state index contributed by atoms with van der Waals surface area (Å²) in [5.41, 5.74) is 2.33. The van der Waals surface area contributed by atoms with Gasteiger partial charge in [-0.3, -0.25) is 21.4 Å². The highest BCUT2D eigenvalue weighted by atomic mass is 19.1. The van der Waals surface area contributed by atoms with Crippen LogP contribution in [0.5, 0.6) is 0 Å². The van der Waals surface area contributed by atoms with E-state index in [1.54, 1.807) is 0 Å². The minimum Gasteiger partial charge on any atom is -0.271 e. The fourth-order valence-electron chi connectivity index (χ4n) is 0.984. The summed E-state index contributed by atoms with van der Waals surface area (Å²) in [6, 6.07) is 3.23. The lowest BCUT2D eigenvalue weighted by Crippen LogP contribution is -2.21. The molecule has 0 atom stereocenters. The normalized spacial score (nSPS) is 10.0. The quantitative estimate of drug-likeness (QED) is 0.412. The zero-order chi connectivity index (χ0) is 9.84. The monoisotopic (exact) mass is 185 g/mol. The molecule has 1 aromatic rings. The second kappa shape index (κ2) is 3.92. The van der Waals surface area contributed by atoms with Gasteiger partial charge in [0.15, 0.2) is 0 Å². The molecule has 0 radical (unpaired) electrons. The molecule has 13 heavy (non-hydrogen) atoms. The Balaban J connectivity index is 3.10. The minimum absolute atomic E-state index is 0.0636. The molecule has 0 amide bonds. The summed E-state index contributed by atoms with van der Waals surface area (Å²) in [7, 11) is 0. The molecule has 0 fully saturated rings. The first kappa shape index (κ1) is 9.56. The molecule has 0 saturated heterocycles. The van der Waals surface area contributed by atoms with Gasteiger partial charge in [0.2, 0.25) is 0 Å². The van der Waals surface area contributed by atoms with Crippen molar-refractivity contribution in [1.29, 1.82) is 0 Å². The maximum absolute atomic E-state index is 12.6. The van der Waals surface area contributed by atoms with Gasteiger partial charge in [-0.05, 0) is 12.1 Å². The van der Waals surface area contributed by atoms with Gasteiger partial charge in [0.1, 0.15) is 5.82 Å². The van der Waals surface area contributed by atoms with Crippen molar-refractivity contribution < 1.29 is 9.31 Å². The lowest BCUT2D eigenvalue weighted by molar-refractivity contribution is -0.385. The first-order valence-corrected chi connectivity index (χ1v) is 3.51. The summed E-state index contributed by atoms with van der Waals surface area (Å²) in [6.07, 6.45) is 0. The van der Waals surface area contributed by atoms with Crippen LogP contribution >= 0.6 is 0 Å². The summed E-state index contributed by atoms with van der Waals surface area (Å²) >= 11 is 0. The third-order valence-corrected chi connectivity index (χ3v) is 1.53. The van der Waals surface area contributed by atoms with Crippen LogP contribution < -0.4 is 11.3 Å². The van der Waals surface area contributed by atoms with E-state index >= 15 is 0 Å². The van der Waals surface area contributed by atoms with Crippen molar-refractivity contribution in [3.63, 3.8) is 0 Å². The van der Waals surface area contributed by atoms with Crippen molar-refractivity contribution in [3.05, 3.63) is 39.7 Å². The number of nitro benzene ring substituents is 1. The number of hydrogen-bond donors (Lipinski definition) is 2. The SMILES string of the molecule is NNCc1cc(F)ccc1[N+](=O)[O-]. The molecule has 0 aromatic heterocycles. The molecular formula is C7H8FN3O2. The van der Waals surface area contributed by atoms with Crippen LogP contribution in [0.4, 0.5) is 10.1 Å². The fraction of sp³-hybridized carbons (Fsp3) is 0.143. The number of hydrogen-bond acceptors (Lipinski definition) is 4. The van der Waals surface area contributed by atoms with Gasteiger partial charge in [-0.25, -0.2) is 4.39 Å². The van der Waals surface area contributed by atoms with Gasteiger partial charge < -0.3 is 0 Å². The van der Waals surface area contributed by atoms with Crippen molar-refractivity contribution in [1.82, 2.24) is 5.43 Å². The van der Waals surface area contributed by atoms with Crippen LogP contribution in [0.25, 0.3) is 0 Å². The molecule has 0 bridgehead atoms. The van der Waals surface area contributed by atoms with Crippen LogP contribution in [-0.2, 0) is 6.54 Å². The van der Waals surface area contributed by atoms with E-state index < -0.39 is 10.7 Å². The van der Waals surface area contributed by atoms with Crippen LogP contribution in [0.2, 0.25) is 0 Å². The van der Waals surface area contributed by atoms with Gasteiger partial charge in [-0.2, -0.15) is 0 Å². The Morgan fingerprint density at radius 2 is 2.31 bits per heavy atom. The molecule has 5 nitrogen and oxygen atoms in total. The predicted molar refractivity (Wildman–Crippen MR) is 44.1 cm³/mol. The summed E-state index contributed by atoms with van der Waals surface area (Å²) < 4.78 is 12.6. The van der Waals surface area contributed by atoms with Crippen LogP contribution in [0.1, 0.15) is 5.56 Å². The third-order valence-electron chi connectivity index (χ3n) is 1.53. The van der Waals surface area contributed by atoms with E-state index in [1.807, 2.05) is 0 Å². The molecule has 0 aliphatic rings. The minimum atomic E-state index is -0.577. The van der Waals surface area contributed by atoms with E-state index in [4.69, 9.17) is 5.84 Å². The van der Waals surface area contributed by atoms with Crippen LogP contribution in [0, 0.1) is 15.9 Å². The number of nitro groups is 1. The first-order valence-electron chi connectivity index (χ1n) is 3.51. The molecule has 0 aliphatic carbocycles. The number of nitrogens with two attached hydrogens (primary N) is 1. The molecule has 0 saturated carbocycles. The second-order valence-corrected chi connectivity index (χ2v) is 2.41. The van der Waals surface area contributed by atoms with Crippen LogP contribution in [0.15, 0.2) is 18.2 Å². The maximum Gasteiger partial charge on any atom is 0.274 e. The first-order chi connectivity index (χ1) is 6.15. The Morgan fingerprint density at radius 1 is 1.62 bits per heavy atom. The van der Waals surface area contributed by atoms with Crippen molar-refractivity contribution in [2.45, 2.75) is 6.54 Å². The second-order valence-electron chi connectivity index (χ2n) is 2.41. The van der Waals surface area contributed by atoms with E-state index in [-0.39, 0.29) is 17.8 Å². The maximum atomic E-state index is 12.6. The Kier molecular flexibility index (Phi) is 2.88. The Morgan fingerprint density at radius 3 is 2.85 bits per heavy atom. The molecule has 1 aromatic carbocycles. The number of nitrogens with zero attached hydrogens (tertiary/aromatic N) is 1. The molecule has 0 spiro atoms. The van der Waals surface area contributed by atoms with Gasteiger partial charge in [-0.15, -0.1) is 0 Å². The largest absolute Gasteiger partial charge is 0.274 e. The van der Waals surface area contributed by atoms with E-state index in [1.165, 1.54) is 0 Å². The zero-order valence-corrected chi connectivity index (χ0v) is 6.66. The lowest BCUT2D eigenvalue weighted by Gasteiger charge is -2.01. The highest BCUT2D eigenvalue weighted by molar-refractivity contribution is 5.40. The highest BCUT2D eigenvalue weighted by Gasteiger charge is 2.12.